The van der Waals surface area contributed by atoms with E-state index in [-0.39, 0.29) is 18.6 Å². The van der Waals surface area contributed by atoms with Crippen molar-refractivity contribution in [2.75, 3.05) is 13.7 Å². The second-order valence-corrected chi connectivity index (χ2v) is 6.47. The lowest BCUT2D eigenvalue weighted by molar-refractivity contribution is -0.157. The number of esters is 1. The van der Waals surface area contributed by atoms with Crippen molar-refractivity contribution in [3.63, 3.8) is 0 Å². The molecule has 0 aliphatic heterocycles. The number of nitrogens with one attached hydrogen (secondary N) is 1. The van der Waals surface area contributed by atoms with Crippen molar-refractivity contribution in [3.05, 3.63) is 24.3 Å². The van der Waals surface area contributed by atoms with Crippen LogP contribution in [0, 0.1) is 5.92 Å². The molecule has 1 aromatic rings. The van der Waals surface area contributed by atoms with Gasteiger partial charge >= 0.3 is 5.97 Å². The molecule has 0 bridgehead atoms. The van der Waals surface area contributed by atoms with Gasteiger partial charge in [-0.1, -0.05) is 19.8 Å². The molecule has 6 nitrogen and oxygen atoms in total. The highest BCUT2D eigenvalue weighted by atomic mass is 16.6. The van der Waals surface area contributed by atoms with E-state index in [9.17, 15) is 9.59 Å². The monoisotopic (exact) mass is 349 g/mol. The van der Waals surface area contributed by atoms with E-state index in [2.05, 4.69) is 12.2 Å². The molecule has 138 valence electrons. The predicted molar refractivity (Wildman–Crippen MR) is 93.6 cm³/mol. The minimum Gasteiger partial charge on any atom is -0.497 e. The number of hydrogen-bond acceptors (Lipinski definition) is 5. The van der Waals surface area contributed by atoms with E-state index in [4.69, 9.17) is 14.2 Å². The van der Waals surface area contributed by atoms with E-state index in [0.29, 0.717) is 17.4 Å². The zero-order valence-electron chi connectivity index (χ0n) is 15.1. The topological polar surface area (TPSA) is 73.9 Å². The van der Waals surface area contributed by atoms with E-state index in [0.717, 1.165) is 19.3 Å². The first kappa shape index (κ1) is 19.1. The molecule has 0 aromatic heterocycles. The molecular weight excluding hydrogens is 322 g/mol. The van der Waals surface area contributed by atoms with Crippen LogP contribution in [0.25, 0.3) is 0 Å². The van der Waals surface area contributed by atoms with Crippen molar-refractivity contribution >= 4 is 11.9 Å². The SMILES string of the molecule is COc1ccc(OCC(=O)O[C@H](C)C(=O)N[C@H]2CCCC[C@H]2C)cc1. The summed E-state index contributed by atoms with van der Waals surface area (Å²) in [7, 11) is 1.58. The Hall–Kier alpha value is -2.24. The zero-order valence-corrected chi connectivity index (χ0v) is 15.1. The lowest BCUT2D eigenvalue weighted by Crippen LogP contribution is -2.46. The van der Waals surface area contributed by atoms with Gasteiger partial charge in [0.05, 0.1) is 7.11 Å². The van der Waals surface area contributed by atoms with Crippen molar-refractivity contribution in [3.8, 4) is 11.5 Å². The number of amides is 1. The summed E-state index contributed by atoms with van der Waals surface area (Å²) in [5.41, 5.74) is 0. The van der Waals surface area contributed by atoms with Gasteiger partial charge in [0.25, 0.3) is 5.91 Å². The normalized spacial score (nSPS) is 21.1. The van der Waals surface area contributed by atoms with E-state index in [1.54, 1.807) is 38.3 Å². The highest BCUT2D eigenvalue weighted by molar-refractivity contribution is 5.83. The summed E-state index contributed by atoms with van der Waals surface area (Å²) in [5.74, 6) is 0.869. The molecule has 0 radical (unpaired) electrons. The summed E-state index contributed by atoms with van der Waals surface area (Å²) < 4.78 is 15.6. The molecule has 1 aliphatic rings. The van der Waals surface area contributed by atoms with Crippen LogP contribution < -0.4 is 14.8 Å². The maximum absolute atomic E-state index is 12.2. The van der Waals surface area contributed by atoms with Crippen LogP contribution in [-0.4, -0.2) is 37.7 Å². The summed E-state index contributed by atoms with van der Waals surface area (Å²) in [6, 6.07) is 7.04. The second-order valence-electron chi connectivity index (χ2n) is 6.47. The number of carbonyl (C=O) groups excluding carboxylic acids is 2. The molecule has 2 rings (SSSR count). The average molecular weight is 349 g/mol. The Balaban J connectivity index is 1.73. The fraction of sp³-hybridized carbons (Fsp3) is 0.579. The molecule has 0 spiro atoms. The number of carbonyl (C=O) groups is 2. The fourth-order valence-electron chi connectivity index (χ4n) is 2.93. The van der Waals surface area contributed by atoms with Gasteiger partial charge in [0, 0.05) is 6.04 Å². The van der Waals surface area contributed by atoms with Crippen molar-refractivity contribution in [1.29, 1.82) is 0 Å². The Kier molecular flexibility index (Phi) is 7.10. The molecule has 1 aromatic carbocycles. The molecule has 0 unspecified atom stereocenters. The summed E-state index contributed by atoms with van der Waals surface area (Å²) in [6.07, 6.45) is 3.60. The third-order valence-electron chi connectivity index (χ3n) is 4.53. The van der Waals surface area contributed by atoms with Crippen LogP contribution in [-0.2, 0) is 14.3 Å². The first-order valence-corrected chi connectivity index (χ1v) is 8.76. The van der Waals surface area contributed by atoms with Gasteiger partial charge in [-0.2, -0.15) is 0 Å². The van der Waals surface area contributed by atoms with E-state index in [1.165, 1.54) is 6.42 Å². The fourth-order valence-corrected chi connectivity index (χ4v) is 2.93. The average Bonchev–Trinajstić information content (AvgIpc) is 2.62. The molecule has 1 amide bonds. The first-order chi connectivity index (χ1) is 12.0. The number of benzene rings is 1. The number of hydrogen-bond donors (Lipinski definition) is 1. The van der Waals surface area contributed by atoms with Gasteiger partial charge in [0.15, 0.2) is 12.7 Å². The predicted octanol–water partition coefficient (Wildman–Crippen LogP) is 2.70. The van der Waals surface area contributed by atoms with Crippen LogP contribution in [0.5, 0.6) is 11.5 Å². The zero-order chi connectivity index (χ0) is 18.2. The standard InChI is InChI=1S/C19H27NO5/c1-13-6-4-5-7-17(13)20-19(22)14(2)25-18(21)12-24-16-10-8-15(23-3)9-11-16/h8-11,13-14,17H,4-7,12H2,1-3H3,(H,20,22)/t13-,14-,17+/m1/s1. The summed E-state index contributed by atoms with van der Waals surface area (Å²) in [4.78, 5) is 24.1. The van der Waals surface area contributed by atoms with Gasteiger partial charge < -0.3 is 19.5 Å². The second kappa shape index (κ2) is 9.30. The molecule has 1 N–H and O–H groups in total. The molecule has 1 aliphatic carbocycles. The third kappa shape index (κ3) is 5.96. The summed E-state index contributed by atoms with van der Waals surface area (Å²) in [6.45, 7) is 3.47. The molecule has 6 heteroatoms. The quantitative estimate of drug-likeness (QED) is 0.766. The highest BCUT2D eigenvalue weighted by Gasteiger charge is 2.26. The molecular formula is C19H27NO5. The van der Waals surface area contributed by atoms with Crippen molar-refractivity contribution in [2.24, 2.45) is 5.92 Å². The number of rotatable bonds is 7. The van der Waals surface area contributed by atoms with Crippen LogP contribution in [0.4, 0.5) is 0 Å². The van der Waals surface area contributed by atoms with Crippen LogP contribution in [0.1, 0.15) is 39.5 Å². The lowest BCUT2D eigenvalue weighted by atomic mass is 9.86. The Morgan fingerprint density at radius 2 is 1.80 bits per heavy atom. The van der Waals surface area contributed by atoms with Gasteiger partial charge in [0.2, 0.25) is 0 Å². The minimum absolute atomic E-state index is 0.165. The van der Waals surface area contributed by atoms with E-state index < -0.39 is 12.1 Å². The van der Waals surface area contributed by atoms with Crippen molar-refractivity contribution in [2.45, 2.75) is 51.7 Å². The molecule has 1 saturated carbocycles. The Morgan fingerprint density at radius 3 is 2.44 bits per heavy atom. The third-order valence-corrected chi connectivity index (χ3v) is 4.53. The number of methoxy groups -OCH3 is 1. The van der Waals surface area contributed by atoms with Crippen LogP contribution in [0.2, 0.25) is 0 Å². The van der Waals surface area contributed by atoms with Crippen LogP contribution >= 0.6 is 0 Å². The van der Waals surface area contributed by atoms with E-state index >= 15 is 0 Å². The Bertz CT molecular complexity index is 572. The van der Waals surface area contributed by atoms with Gasteiger partial charge in [-0.25, -0.2) is 4.79 Å². The maximum Gasteiger partial charge on any atom is 0.344 e. The molecule has 1 fully saturated rings. The largest absolute Gasteiger partial charge is 0.497 e. The first-order valence-electron chi connectivity index (χ1n) is 8.76. The Labute approximate surface area is 148 Å². The van der Waals surface area contributed by atoms with Crippen molar-refractivity contribution in [1.82, 2.24) is 5.32 Å². The molecule has 0 heterocycles. The van der Waals surface area contributed by atoms with Crippen LogP contribution in [0.3, 0.4) is 0 Å². The lowest BCUT2D eigenvalue weighted by Gasteiger charge is -2.30. The van der Waals surface area contributed by atoms with Crippen molar-refractivity contribution < 1.29 is 23.8 Å². The Morgan fingerprint density at radius 1 is 1.16 bits per heavy atom. The van der Waals surface area contributed by atoms with Crippen LogP contribution in [0.15, 0.2) is 24.3 Å². The van der Waals surface area contributed by atoms with Gasteiger partial charge in [-0.15, -0.1) is 0 Å². The molecule has 0 saturated heterocycles. The summed E-state index contributed by atoms with van der Waals surface area (Å²) in [5, 5.41) is 2.99. The maximum atomic E-state index is 12.2. The molecule has 3 atom stereocenters. The van der Waals surface area contributed by atoms with Gasteiger partial charge in [-0.3, -0.25) is 4.79 Å². The van der Waals surface area contributed by atoms with Gasteiger partial charge in [0.1, 0.15) is 11.5 Å². The summed E-state index contributed by atoms with van der Waals surface area (Å²) >= 11 is 0. The highest BCUT2D eigenvalue weighted by Crippen LogP contribution is 2.23. The molecule has 25 heavy (non-hydrogen) atoms. The van der Waals surface area contributed by atoms with Gasteiger partial charge in [-0.05, 0) is 49.9 Å². The number of ether oxygens (including phenoxy) is 3. The van der Waals surface area contributed by atoms with E-state index in [1.807, 2.05) is 0 Å². The smallest absolute Gasteiger partial charge is 0.344 e. The minimum atomic E-state index is -0.832.